The van der Waals surface area contributed by atoms with Crippen molar-refractivity contribution in [1.29, 1.82) is 0 Å². The van der Waals surface area contributed by atoms with Gasteiger partial charge < -0.3 is 10.6 Å². The summed E-state index contributed by atoms with van der Waals surface area (Å²) < 4.78 is 0. The highest BCUT2D eigenvalue weighted by Gasteiger charge is 2.22. The molecule has 1 aliphatic heterocycles. The monoisotopic (exact) mass is 254 g/mol. The fourth-order valence-electron chi connectivity index (χ4n) is 1.71. The first-order chi connectivity index (χ1) is 6.72. The number of nitrogen functional groups attached to an aromatic ring is 1. The number of nitrogens with two attached hydrogens (primary N) is 1. The molecule has 0 bridgehead atoms. The number of amides is 1. The summed E-state index contributed by atoms with van der Waals surface area (Å²) in [6.45, 7) is 0. The summed E-state index contributed by atoms with van der Waals surface area (Å²) in [5, 5.41) is 0. The van der Waals surface area contributed by atoms with Crippen LogP contribution in [0.2, 0.25) is 0 Å². The molecule has 0 spiro atoms. The Labute approximate surface area is 91.0 Å². The van der Waals surface area contributed by atoms with Crippen molar-refractivity contribution in [1.82, 2.24) is 0 Å². The van der Waals surface area contributed by atoms with E-state index in [1.807, 2.05) is 18.2 Å². The van der Waals surface area contributed by atoms with Crippen LogP contribution in [-0.2, 0) is 11.2 Å². The zero-order chi connectivity index (χ0) is 10.1. The molecule has 0 saturated carbocycles. The molecule has 1 heterocycles. The van der Waals surface area contributed by atoms with Crippen molar-refractivity contribution in [2.24, 2.45) is 0 Å². The maximum atomic E-state index is 11.5. The van der Waals surface area contributed by atoms with E-state index in [9.17, 15) is 4.79 Å². The Morgan fingerprint density at radius 1 is 1.43 bits per heavy atom. The second-order valence-corrected chi connectivity index (χ2v) is 3.83. The number of rotatable bonds is 1. The molecule has 0 saturated heterocycles. The van der Waals surface area contributed by atoms with E-state index in [2.05, 4.69) is 15.9 Å². The normalized spacial score (nSPS) is 15.5. The molecular formula is C10H11BrN2O. The first-order valence-electron chi connectivity index (χ1n) is 4.47. The van der Waals surface area contributed by atoms with E-state index < -0.39 is 0 Å². The minimum absolute atomic E-state index is 0.166. The third kappa shape index (κ3) is 1.50. The van der Waals surface area contributed by atoms with Crippen LogP contribution in [0.5, 0.6) is 0 Å². The van der Waals surface area contributed by atoms with Crippen molar-refractivity contribution in [3.63, 3.8) is 0 Å². The average molecular weight is 255 g/mol. The van der Waals surface area contributed by atoms with Gasteiger partial charge in [-0.15, -0.1) is 0 Å². The predicted molar refractivity (Wildman–Crippen MR) is 60.5 cm³/mol. The maximum absolute atomic E-state index is 11.5. The summed E-state index contributed by atoms with van der Waals surface area (Å²) in [7, 11) is 0. The highest BCUT2D eigenvalue weighted by atomic mass is 79.9. The van der Waals surface area contributed by atoms with Gasteiger partial charge in [0, 0.05) is 17.8 Å². The average Bonchev–Trinajstić information content (AvgIpc) is 2.18. The van der Waals surface area contributed by atoms with E-state index in [4.69, 9.17) is 5.73 Å². The SMILES string of the molecule is Nc1ccc2c(c1)CCC(=O)N2CBr. The van der Waals surface area contributed by atoms with E-state index in [0.717, 1.165) is 23.4 Å². The third-order valence-electron chi connectivity index (χ3n) is 2.42. The lowest BCUT2D eigenvalue weighted by Gasteiger charge is -2.27. The molecule has 2 rings (SSSR count). The van der Waals surface area contributed by atoms with Crippen LogP contribution in [0.3, 0.4) is 0 Å². The predicted octanol–water partition coefficient (Wildman–Crippen LogP) is 1.90. The number of nitrogens with zero attached hydrogens (tertiary/aromatic N) is 1. The van der Waals surface area contributed by atoms with Gasteiger partial charge in [0.25, 0.3) is 0 Å². The molecule has 0 atom stereocenters. The van der Waals surface area contributed by atoms with Crippen LogP contribution in [0.4, 0.5) is 11.4 Å². The topological polar surface area (TPSA) is 46.3 Å². The molecule has 0 radical (unpaired) electrons. The molecular weight excluding hydrogens is 244 g/mol. The number of benzene rings is 1. The van der Waals surface area contributed by atoms with Gasteiger partial charge in [-0.3, -0.25) is 4.79 Å². The van der Waals surface area contributed by atoms with Gasteiger partial charge in [0.1, 0.15) is 0 Å². The second kappa shape index (κ2) is 3.61. The van der Waals surface area contributed by atoms with Crippen molar-refractivity contribution in [3.05, 3.63) is 23.8 Å². The van der Waals surface area contributed by atoms with Gasteiger partial charge in [-0.25, -0.2) is 0 Å². The van der Waals surface area contributed by atoms with Crippen LogP contribution in [0.15, 0.2) is 18.2 Å². The van der Waals surface area contributed by atoms with Gasteiger partial charge in [0.15, 0.2) is 0 Å². The number of aryl methyl sites for hydroxylation is 1. The minimum atomic E-state index is 0.166. The van der Waals surface area contributed by atoms with Crippen LogP contribution in [-0.4, -0.2) is 11.4 Å². The fraction of sp³-hybridized carbons (Fsp3) is 0.300. The van der Waals surface area contributed by atoms with Crippen molar-refractivity contribution in [2.75, 3.05) is 16.1 Å². The Bertz CT molecular complexity index is 378. The van der Waals surface area contributed by atoms with Crippen LogP contribution >= 0.6 is 15.9 Å². The van der Waals surface area contributed by atoms with Gasteiger partial charge in [0.2, 0.25) is 5.91 Å². The first-order valence-corrected chi connectivity index (χ1v) is 5.59. The molecule has 1 aromatic rings. The summed E-state index contributed by atoms with van der Waals surface area (Å²) in [5.41, 5.74) is 9.13. The van der Waals surface area contributed by atoms with Gasteiger partial charge in [0.05, 0.1) is 5.45 Å². The van der Waals surface area contributed by atoms with Gasteiger partial charge in [-0.2, -0.15) is 0 Å². The highest BCUT2D eigenvalue weighted by molar-refractivity contribution is 9.09. The molecule has 0 aromatic heterocycles. The Kier molecular flexibility index (Phi) is 2.46. The molecule has 0 fully saturated rings. The molecule has 1 aromatic carbocycles. The Hall–Kier alpha value is -1.03. The molecule has 1 aliphatic rings. The Morgan fingerprint density at radius 3 is 2.93 bits per heavy atom. The number of alkyl halides is 1. The Balaban J connectivity index is 2.47. The number of hydrogen-bond donors (Lipinski definition) is 1. The lowest BCUT2D eigenvalue weighted by molar-refractivity contribution is -0.118. The van der Waals surface area contributed by atoms with Gasteiger partial charge in [-0.05, 0) is 30.2 Å². The summed E-state index contributed by atoms with van der Waals surface area (Å²) in [4.78, 5) is 13.3. The molecule has 4 heteroatoms. The lowest BCUT2D eigenvalue weighted by Crippen LogP contribution is -2.33. The number of carbonyl (C=O) groups is 1. The third-order valence-corrected chi connectivity index (χ3v) is 2.92. The number of hydrogen-bond acceptors (Lipinski definition) is 2. The number of fused-ring (bicyclic) bond motifs is 1. The largest absolute Gasteiger partial charge is 0.399 e. The molecule has 0 unspecified atom stereocenters. The highest BCUT2D eigenvalue weighted by Crippen LogP contribution is 2.29. The quantitative estimate of drug-likeness (QED) is 0.473. The summed E-state index contributed by atoms with van der Waals surface area (Å²) in [5.74, 6) is 0.166. The van der Waals surface area contributed by atoms with Crippen LogP contribution < -0.4 is 10.6 Å². The number of halogens is 1. The van der Waals surface area contributed by atoms with E-state index in [1.54, 1.807) is 4.90 Å². The van der Waals surface area contributed by atoms with E-state index in [-0.39, 0.29) is 5.91 Å². The van der Waals surface area contributed by atoms with Crippen molar-refractivity contribution >= 4 is 33.2 Å². The van der Waals surface area contributed by atoms with Crippen molar-refractivity contribution < 1.29 is 4.79 Å². The van der Waals surface area contributed by atoms with E-state index in [0.29, 0.717) is 11.9 Å². The zero-order valence-corrected chi connectivity index (χ0v) is 9.25. The smallest absolute Gasteiger partial charge is 0.228 e. The van der Waals surface area contributed by atoms with Crippen LogP contribution in [0.1, 0.15) is 12.0 Å². The van der Waals surface area contributed by atoms with Crippen LogP contribution in [0, 0.1) is 0 Å². The molecule has 0 aliphatic carbocycles. The summed E-state index contributed by atoms with van der Waals surface area (Å²) >= 11 is 3.31. The molecule has 2 N–H and O–H groups in total. The second-order valence-electron chi connectivity index (χ2n) is 3.33. The van der Waals surface area contributed by atoms with E-state index >= 15 is 0 Å². The fourth-order valence-corrected chi connectivity index (χ4v) is 2.26. The van der Waals surface area contributed by atoms with E-state index in [1.165, 1.54) is 0 Å². The maximum Gasteiger partial charge on any atom is 0.228 e. The van der Waals surface area contributed by atoms with Gasteiger partial charge in [-0.1, -0.05) is 15.9 Å². The van der Waals surface area contributed by atoms with Crippen molar-refractivity contribution in [2.45, 2.75) is 12.8 Å². The van der Waals surface area contributed by atoms with Gasteiger partial charge >= 0.3 is 0 Å². The number of anilines is 2. The standard InChI is InChI=1S/C10H11BrN2O/c11-6-13-9-3-2-8(12)5-7(9)1-4-10(13)14/h2-3,5H,1,4,6,12H2. The molecule has 74 valence electrons. The summed E-state index contributed by atoms with van der Waals surface area (Å²) in [6.07, 6.45) is 1.37. The first kappa shape index (κ1) is 9.52. The zero-order valence-electron chi connectivity index (χ0n) is 7.66. The van der Waals surface area contributed by atoms with Crippen molar-refractivity contribution in [3.8, 4) is 0 Å². The summed E-state index contributed by atoms with van der Waals surface area (Å²) in [6, 6.07) is 5.67. The number of carbonyl (C=O) groups excluding carboxylic acids is 1. The minimum Gasteiger partial charge on any atom is -0.399 e. The van der Waals surface area contributed by atoms with Crippen LogP contribution in [0.25, 0.3) is 0 Å². The molecule has 1 amide bonds. The Morgan fingerprint density at radius 2 is 2.21 bits per heavy atom. The lowest BCUT2D eigenvalue weighted by atomic mass is 10.0. The molecule has 14 heavy (non-hydrogen) atoms. The molecule has 3 nitrogen and oxygen atoms in total.